The molecule has 0 amide bonds. The SMILES string of the molecule is O=C(OC1CCCCC1)C1(C(=O)c2ccccc2)CC(c2ccc(Br)cc2)=NO1. The van der Waals surface area contributed by atoms with Crippen LogP contribution in [0.5, 0.6) is 0 Å². The van der Waals surface area contributed by atoms with Crippen molar-refractivity contribution in [3.05, 3.63) is 70.2 Å². The van der Waals surface area contributed by atoms with Gasteiger partial charge in [0.1, 0.15) is 6.10 Å². The van der Waals surface area contributed by atoms with Crippen LogP contribution in [-0.4, -0.2) is 29.2 Å². The Balaban J connectivity index is 1.62. The summed E-state index contributed by atoms with van der Waals surface area (Å²) in [5.41, 5.74) is -0.00887. The van der Waals surface area contributed by atoms with Gasteiger partial charge in [0, 0.05) is 10.0 Å². The van der Waals surface area contributed by atoms with Crippen molar-refractivity contribution in [3.8, 4) is 0 Å². The zero-order valence-electron chi connectivity index (χ0n) is 16.0. The van der Waals surface area contributed by atoms with Crippen LogP contribution in [0, 0.1) is 0 Å². The molecule has 1 heterocycles. The second-order valence-corrected chi connectivity index (χ2v) is 8.42. The Kier molecular flexibility index (Phi) is 5.81. The van der Waals surface area contributed by atoms with Crippen LogP contribution in [0.1, 0.15) is 54.4 Å². The lowest BCUT2D eigenvalue weighted by atomic mass is 9.86. The number of Topliss-reactive ketones (excluding diaryl/α,β-unsaturated/α-hetero) is 1. The Morgan fingerprint density at radius 2 is 1.69 bits per heavy atom. The topological polar surface area (TPSA) is 65.0 Å². The Hall–Kier alpha value is -2.47. The minimum atomic E-state index is -1.78. The fraction of sp³-hybridized carbons (Fsp3) is 0.348. The summed E-state index contributed by atoms with van der Waals surface area (Å²) in [5, 5.41) is 4.13. The molecule has 5 nitrogen and oxygen atoms in total. The molecule has 1 atom stereocenters. The van der Waals surface area contributed by atoms with Crippen LogP contribution < -0.4 is 0 Å². The van der Waals surface area contributed by atoms with E-state index >= 15 is 0 Å². The fourth-order valence-corrected chi connectivity index (χ4v) is 4.07. The zero-order chi connectivity index (χ0) is 20.3. The highest BCUT2D eigenvalue weighted by molar-refractivity contribution is 9.10. The number of carbonyl (C=O) groups excluding carboxylic acids is 2. The first-order chi connectivity index (χ1) is 14.1. The largest absolute Gasteiger partial charge is 0.459 e. The fourth-order valence-electron chi connectivity index (χ4n) is 3.81. The van der Waals surface area contributed by atoms with Crippen LogP contribution in [0.15, 0.2) is 64.2 Å². The minimum Gasteiger partial charge on any atom is -0.459 e. The Labute approximate surface area is 178 Å². The summed E-state index contributed by atoms with van der Waals surface area (Å²) in [6, 6.07) is 16.2. The molecule has 0 radical (unpaired) electrons. The number of esters is 1. The number of carbonyl (C=O) groups is 2. The molecule has 1 fully saturated rings. The lowest BCUT2D eigenvalue weighted by Crippen LogP contribution is -2.49. The van der Waals surface area contributed by atoms with Crippen molar-refractivity contribution in [3.63, 3.8) is 0 Å². The highest BCUT2D eigenvalue weighted by Crippen LogP contribution is 2.34. The highest BCUT2D eigenvalue weighted by Gasteiger charge is 2.55. The lowest BCUT2D eigenvalue weighted by Gasteiger charge is -2.28. The summed E-state index contributed by atoms with van der Waals surface area (Å²) in [6.07, 6.45) is 4.72. The van der Waals surface area contributed by atoms with E-state index in [0.29, 0.717) is 11.3 Å². The number of benzene rings is 2. The van der Waals surface area contributed by atoms with E-state index in [9.17, 15) is 9.59 Å². The molecular weight excluding hydrogens is 434 g/mol. The van der Waals surface area contributed by atoms with Crippen molar-refractivity contribution in [2.45, 2.75) is 50.2 Å². The van der Waals surface area contributed by atoms with Gasteiger partial charge in [0.05, 0.1) is 12.1 Å². The molecule has 0 bridgehead atoms. The van der Waals surface area contributed by atoms with Crippen molar-refractivity contribution in [1.82, 2.24) is 0 Å². The average molecular weight is 456 g/mol. The summed E-state index contributed by atoms with van der Waals surface area (Å²) in [6.45, 7) is 0. The van der Waals surface area contributed by atoms with Crippen molar-refractivity contribution < 1.29 is 19.2 Å². The van der Waals surface area contributed by atoms with Crippen LogP contribution in [0.3, 0.4) is 0 Å². The first kappa shape index (κ1) is 19.8. The Morgan fingerprint density at radius 3 is 2.38 bits per heavy atom. The first-order valence-corrected chi connectivity index (χ1v) is 10.7. The van der Waals surface area contributed by atoms with E-state index < -0.39 is 17.4 Å². The zero-order valence-corrected chi connectivity index (χ0v) is 17.6. The van der Waals surface area contributed by atoms with E-state index in [1.807, 2.05) is 30.3 Å². The summed E-state index contributed by atoms with van der Waals surface area (Å²) >= 11 is 3.41. The molecule has 1 unspecified atom stereocenters. The average Bonchev–Trinajstić information content (AvgIpc) is 3.22. The quantitative estimate of drug-likeness (QED) is 0.358. The van der Waals surface area contributed by atoms with Gasteiger partial charge in [0.2, 0.25) is 5.78 Å². The molecule has 1 saturated carbocycles. The standard InChI is InChI=1S/C23H22BrNO4/c24-18-13-11-16(12-14-18)20-15-23(29-25-20,21(26)17-7-3-1-4-8-17)22(27)28-19-9-5-2-6-10-19/h1,3-4,7-8,11-14,19H,2,5-6,9-10,15H2. The van der Waals surface area contributed by atoms with Crippen LogP contribution >= 0.6 is 15.9 Å². The van der Waals surface area contributed by atoms with Gasteiger partial charge in [-0.3, -0.25) is 4.79 Å². The number of ether oxygens (including phenoxy) is 1. The number of hydrogen-bond donors (Lipinski definition) is 0. The number of nitrogens with zero attached hydrogens (tertiary/aromatic N) is 1. The second-order valence-electron chi connectivity index (χ2n) is 7.50. The molecule has 2 aliphatic rings. The Morgan fingerprint density at radius 1 is 1.00 bits per heavy atom. The molecule has 2 aromatic carbocycles. The minimum absolute atomic E-state index is 0.0495. The number of rotatable bonds is 5. The lowest BCUT2D eigenvalue weighted by molar-refractivity contribution is -0.170. The molecule has 1 aliphatic heterocycles. The highest BCUT2D eigenvalue weighted by atomic mass is 79.9. The third kappa shape index (κ3) is 4.13. The van der Waals surface area contributed by atoms with Gasteiger partial charge in [-0.05, 0) is 43.4 Å². The molecule has 0 saturated heterocycles. The van der Waals surface area contributed by atoms with Crippen LogP contribution in [-0.2, 0) is 14.4 Å². The van der Waals surface area contributed by atoms with E-state index in [0.717, 1.165) is 42.1 Å². The summed E-state index contributed by atoms with van der Waals surface area (Å²) in [5.74, 6) is -1.07. The van der Waals surface area contributed by atoms with E-state index in [4.69, 9.17) is 9.57 Å². The normalized spacial score (nSPS) is 21.9. The Bertz CT molecular complexity index is 920. The molecule has 1 aliphatic carbocycles. The smallest absolute Gasteiger partial charge is 0.362 e. The van der Waals surface area contributed by atoms with E-state index in [1.165, 1.54) is 0 Å². The maximum atomic E-state index is 13.4. The predicted molar refractivity (Wildman–Crippen MR) is 113 cm³/mol. The van der Waals surface area contributed by atoms with Crippen molar-refractivity contribution in [2.24, 2.45) is 5.16 Å². The van der Waals surface area contributed by atoms with E-state index in [1.54, 1.807) is 24.3 Å². The predicted octanol–water partition coefficient (Wildman–Crippen LogP) is 5.07. The summed E-state index contributed by atoms with van der Waals surface area (Å²) in [7, 11) is 0. The van der Waals surface area contributed by atoms with Gasteiger partial charge in [-0.2, -0.15) is 0 Å². The molecule has 0 N–H and O–H groups in total. The number of oxime groups is 1. The van der Waals surface area contributed by atoms with Gasteiger partial charge >= 0.3 is 11.6 Å². The van der Waals surface area contributed by atoms with Crippen molar-refractivity contribution in [1.29, 1.82) is 0 Å². The molecule has 150 valence electrons. The number of ketones is 1. The van der Waals surface area contributed by atoms with E-state index in [2.05, 4.69) is 21.1 Å². The van der Waals surface area contributed by atoms with Crippen LogP contribution in [0.4, 0.5) is 0 Å². The van der Waals surface area contributed by atoms with E-state index in [-0.39, 0.29) is 12.5 Å². The molecule has 0 aromatic heterocycles. The third-order valence-corrected chi connectivity index (χ3v) is 5.99. The monoisotopic (exact) mass is 455 g/mol. The van der Waals surface area contributed by atoms with Gasteiger partial charge in [0.15, 0.2) is 0 Å². The van der Waals surface area contributed by atoms with Crippen molar-refractivity contribution >= 4 is 33.4 Å². The van der Waals surface area contributed by atoms with Crippen molar-refractivity contribution in [2.75, 3.05) is 0 Å². The first-order valence-electron chi connectivity index (χ1n) is 9.90. The molecule has 6 heteroatoms. The van der Waals surface area contributed by atoms with Crippen LogP contribution in [0.2, 0.25) is 0 Å². The second kappa shape index (κ2) is 8.49. The van der Waals surface area contributed by atoms with Crippen LogP contribution in [0.25, 0.3) is 0 Å². The molecule has 2 aromatic rings. The van der Waals surface area contributed by atoms with Gasteiger partial charge in [-0.1, -0.05) is 70.0 Å². The molecule has 0 spiro atoms. The van der Waals surface area contributed by atoms with Gasteiger partial charge < -0.3 is 9.57 Å². The summed E-state index contributed by atoms with van der Waals surface area (Å²) < 4.78 is 6.69. The van der Waals surface area contributed by atoms with Gasteiger partial charge in [0.25, 0.3) is 0 Å². The summed E-state index contributed by atoms with van der Waals surface area (Å²) in [4.78, 5) is 32.2. The number of hydrogen-bond acceptors (Lipinski definition) is 5. The van der Waals surface area contributed by atoms with Gasteiger partial charge in [-0.25, -0.2) is 4.79 Å². The van der Waals surface area contributed by atoms with Gasteiger partial charge in [-0.15, -0.1) is 0 Å². The molecule has 4 rings (SSSR count). The molecule has 29 heavy (non-hydrogen) atoms. The number of halogens is 1. The maximum Gasteiger partial charge on any atom is 0.362 e. The maximum absolute atomic E-state index is 13.4. The molecular formula is C23H22BrNO4. The third-order valence-electron chi connectivity index (χ3n) is 5.46.